The Balaban J connectivity index is 2.07. The number of carbonyl (C=O) groups excluding carboxylic acids is 1. The standard InChI is InChI=1S/C9H18N2O2S/c12-5-2-1-3-11-9(13)8-7-14-6-4-10-8/h8,10,12H,1-7H2,(H,11,13). The van der Waals surface area contributed by atoms with Crippen molar-refractivity contribution < 1.29 is 9.90 Å². The molecule has 82 valence electrons. The van der Waals surface area contributed by atoms with Gasteiger partial charge in [-0.25, -0.2) is 0 Å². The minimum Gasteiger partial charge on any atom is -0.396 e. The van der Waals surface area contributed by atoms with E-state index in [-0.39, 0.29) is 18.6 Å². The first kappa shape index (κ1) is 11.8. The van der Waals surface area contributed by atoms with Crippen molar-refractivity contribution >= 4 is 17.7 Å². The van der Waals surface area contributed by atoms with Gasteiger partial charge in [0.25, 0.3) is 0 Å². The molecule has 1 aliphatic heterocycles. The fourth-order valence-electron chi connectivity index (χ4n) is 1.31. The summed E-state index contributed by atoms with van der Waals surface area (Å²) in [5, 5.41) is 14.6. The largest absolute Gasteiger partial charge is 0.396 e. The second kappa shape index (κ2) is 7.09. The summed E-state index contributed by atoms with van der Waals surface area (Å²) in [5.41, 5.74) is 0. The Bertz CT molecular complexity index is 172. The van der Waals surface area contributed by atoms with Gasteiger partial charge < -0.3 is 15.7 Å². The Kier molecular flexibility index (Phi) is 5.98. The van der Waals surface area contributed by atoms with Gasteiger partial charge in [0.1, 0.15) is 0 Å². The van der Waals surface area contributed by atoms with Crippen LogP contribution in [0.15, 0.2) is 0 Å². The number of thioether (sulfide) groups is 1. The molecule has 0 aromatic carbocycles. The number of rotatable bonds is 5. The molecule has 0 radical (unpaired) electrons. The van der Waals surface area contributed by atoms with Gasteiger partial charge in [0, 0.05) is 31.2 Å². The average molecular weight is 218 g/mol. The summed E-state index contributed by atoms with van der Waals surface area (Å²) < 4.78 is 0. The molecule has 14 heavy (non-hydrogen) atoms. The van der Waals surface area contributed by atoms with Crippen LogP contribution >= 0.6 is 11.8 Å². The molecule has 0 saturated carbocycles. The molecule has 1 rings (SSSR count). The zero-order valence-electron chi connectivity index (χ0n) is 8.29. The zero-order chi connectivity index (χ0) is 10.2. The van der Waals surface area contributed by atoms with Gasteiger partial charge in [-0.2, -0.15) is 11.8 Å². The van der Waals surface area contributed by atoms with Gasteiger partial charge in [-0.15, -0.1) is 0 Å². The summed E-state index contributed by atoms with van der Waals surface area (Å²) in [4.78, 5) is 11.5. The molecule has 1 aliphatic rings. The van der Waals surface area contributed by atoms with E-state index in [1.807, 2.05) is 11.8 Å². The number of aliphatic hydroxyl groups is 1. The molecule has 1 unspecified atom stereocenters. The van der Waals surface area contributed by atoms with E-state index in [2.05, 4.69) is 10.6 Å². The molecule has 1 fully saturated rings. The fraction of sp³-hybridized carbons (Fsp3) is 0.889. The minimum atomic E-state index is -0.0251. The molecule has 4 nitrogen and oxygen atoms in total. The normalized spacial score (nSPS) is 21.9. The summed E-state index contributed by atoms with van der Waals surface area (Å²) in [6.07, 6.45) is 1.61. The van der Waals surface area contributed by atoms with Gasteiger partial charge in [0.2, 0.25) is 5.91 Å². The zero-order valence-corrected chi connectivity index (χ0v) is 9.11. The molecular formula is C9H18N2O2S. The highest BCUT2D eigenvalue weighted by Crippen LogP contribution is 2.07. The molecular weight excluding hydrogens is 200 g/mol. The molecule has 1 saturated heterocycles. The van der Waals surface area contributed by atoms with Crippen LogP contribution in [0.25, 0.3) is 0 Å². The van der Waals surface area contributed by atoms with Gasteiger partial charge in [0.15, 0.2) is 0 Å². The van der Waals surface area contributed by atoms with Crippen LogP contribution in [0.1, 0.15) is 12.8 Å². The molecule has 0 bridgehead atoms. The van der Waals surface area contributed by atoms with Crippen molar-refractivity contribution in [3.05, 3.63) is 0 Å². The van der Waals surface area contributed by atoms with Gasteiger partial charge in [-0.1, -0.05) is 0 Å². The first-order valence-electron chi connectivity index (χ1n) is 5.04. The van der Waals surface area contributed by atoms with Crippen LogP contribution in [-0.2, 0) is 4.79 Å². The predicted octanol–water partition coefficient (Wildman–Crippen LogP) is -0.420. The summed E-state index contributed by atoms with van der Waals surface area (Å²) in [6, 6.07) is -0.0251. The molecule has 3 N–H and O–H groups in total. The lowest BCUT2D eigenvalue weighted by molar-refractivity contribution is -0.122. The van der Waals surface area contributed by atoms with Crippen LogP contribution in [0, 0.1) is 0 Å². The topological polar surface area (TPSA) is 61.4 Å². The van der Waals surface area contributed by atoms with Crippen molar-refractivity contribution in [2.75, 3.05) is 31.2 Å². The monoisotopic (exact) mass is 218 g/mol. The Labute approximate surface area is 88.8 Å². The fourth-order valence-corrected chi connectivity index (χ4v) is 2.24. The van der Waals surface area contributed by atoms with Crippen molar-refractivity contribution in [1.29, 1.82) is 0 Å². The van der Waals surface area contributed by atoms with Crippen molar-refractivity contribution in [2.24, 2.45) is 0 Å². The molecule has 5 heteroatoms. The van der Waals surface area contributed by atoms with Crippen LogP contribution in [0.3, 0.4) is 0 Å². The molecule has 1 amide bonds. The number of hydrogen-bond donors (Lipinski definition) is 3. The van der Waals surface area contributed by atoms with Crippen LogP contribution in [0.4, 0.5) is 0 Å². The van der Waals surface area contributed by atoms with E-state index < -0.39 is 0 Å². The maximum Gasteiger partial charge on any atom is 0.237 e. The van der Waals surface area contributed by atoms with E-state index in [1.54, 1.807) is 0 Å². The summed E-state index contributed by atoms with van der Waals surface area (Å²) >= 11 is 1.81. The highest BCUT2D eigenvalue weighted by molar-refractivity contribution is 7.99. The lowest BCUT2D eigenvalue weighted by Crippen LogP contribution is -2.49. The van der Waals surface area contributed by atoms with E-state index in [4.69, 9.17) is 5.11 Å². The third kappa shape index (κ3) is 4.30. The van der Waals surface area contributed by atoms with Crippen molar-refractivity contribution in [3.63, 3.8) is 0 Å². The highest BCUT2D eigenvalue weighted by Gasteiger charge is 2.19. The van der Waals surface area contributed by atoms with E-state index in [0.29, 0.717) is 6.54 Å². The first-order chi connectivity index (χ1) is 6.84. The molecule has 1 heterocycles. The highest BCUT2D eigenvalue weighted by atomic mass is 32.2. The maximum atomic E-state index is 11.5. The second-order valence-electron chi connectivity index (χ2n) is 3.30. The van der Waals surface area contributed by atoms with E-state index in [0.717, 1.165) is 30.9 Å². The van der Waals surface area contributed by atoms with Crippen LogP contribution in [0.5, 0.6) is 0 Å². The third-order valence-electron chi connectivity index (χ3n) is 2.12. The third-order valence-corrected chi connectivity index (χ3v) is 3.18. The van der Waals surface area contributed by atoms with Crippen LogP contribution in [0.2, 0.25) is 0 Å². The molecule has 0 aliphatic carbocycles. The van der Waals surface area contributed by atoms with Gasteiger partial charge in [-0.05, 0) is 12.8 Å². The summed E-state index contributed by atoms with van der Waals surface area (Å²) in [7, 11) is 0. The number of hydrogen-bond acceptors (Lipinski definition) is 4. The summed E-state index contributed by atoms with van der Waals surface area (Å²) in [6.45, 7) is 1.79. The first-order valence-corrected chi connectivity index (χ1v) is 6.20. The van der Waals surface area contributed by atoms with E-state index in [9.17, 15) is 4.79 Å². The van der Waals surface area contributed by atoms with Crippen molar-refractivity contribution in [1.82, 2.24) is 10.6 Å². The number of aliphatic hydroxyl groups excluding tert-OH is 1. The van der Waals surface area contributed by atoms with Gasteiger partial charge in [-0.3, -0.25) is 4.79 Å². The number of unbranched alkanes of at least 4 members (excludes halogenated alkanes) is 1. The number of carbonyl (C=O) groups is 1. The van der Waals surface area contributed by atoms with Gasteiger partial charge in [0.05, 0.1) is 6.04 Å². The quantitative estimate of drug-likeness (QED) is 0.549. The Morgan fingerprint density at radius 1 is 1.57 bits per heavy atom. The number of nitrogens with one attached hydrogen (secondary N) is 2. The Hall–Kier alpha value is -0.260. The summed E-state index contributed by atoms with van der Waals surface area (Å²) in [5.74, 6) is 2.05. The van der Waals surface area contributed by atoms with Crippen LogP contribution < -0.4 is 10.6 Å². The average Bonchev–Trinajstić information content (AvgIpc) is 2.25. The van der Waals surface area contributed by atoms with E-state index >= 15 is 0 Å². The molecule has 0 aromatic heterocycles. The molecule has 1 atom stereocenters. The lowest BCUT2D eigenvalue weighted by atomic mass is 10.3. The van der Waals surface area contributed by atoms with Gasteiger partial charge >= 0.3 is 0 Å². The SMILES string of the molecule is O=C(NCCCCO)C1CSCCN1. The predicted molar refractivity (Wildman–Crippen MR) is 58.4 cm³/mol. The van der Waals surface area contributed by atoms with E-state index in [1.165, 1.54) is 0 Å². The second-order valence-corrected chi connectivity index (χ2v) is 4.45. The lowest BCUT2D eigenvalue weighted by Gasteiger charge is -2.22. The van der Waals surface area contributed by atoms with Crippen molar-refractivity contribution in [2.45, 2.75) is 18.9 Å². The smallest absolute Gasteiger partial charge is 0.237 e. The Morgan fingerprint density at radius 3 is 3.07 bits per heavy atom. The minimum absolute atomic E-state index is 0.0251. The number of amides is 1. The van der Waals surface area contributed by atoms with Crippen LogP contribution in [-0.4, -0.2) is 48.3 Å². The molecule has 0 spiro atoms. The molecule has 0 aromatic rings. The maximum absolute atomic E-state index is 11.5. The Morgan fingerprint density at radius 2 is 2.43 bits per heavy atom. The van der Waals surface area contributed by atoms with Crippen molar-refractivity contribution in [3.8, 4) is 0 Å².